The number of phenolic OH excluding ortho intramolecular Hbond substituents is 2. The number of carbonyl (C=O) groups is 1. The highest BCUT2D eigenvalue weighted by Crippen LogP contribution is 2.29. The van der Waals surface area contributed by atoms with Gasteiger partial charge in [0.2, 0.25) is 0 Å². The Morgan fingerprint density at radius 3 is 2.44 bits per heavy atom. The Bertz CT molecular complexity index is 477. The van der Waals surface area contributed by atoms with Crippen LogP contribution in [0.2, 0.25) is 0 Å². The van der Waals surface area contributed by atoms with Gasteiger partial charge in [-0.05, 0) is 30.0 Å². The molecule has 0 aliphatic carbocycles. The average molecular weight is 248 g/mol. The third-order valence-corrected chi connectivity index (χ3v) is 3.90. The number of fused-ring (bicyclic) bond motifs is 1. The molecule has 5 heteroatoms. The zero-order valence-electron chi connectivity index (χ0n) is 9.97. The molecule has 3 N–H and O–H groups in total. The second kappa shape index (κ2) is 4.17. The van der Waals surface area contributed by atoms with E-state index in [0.29, 0.717) is 17.4 Å². The summed E-state index contributed by atoms with van der Waals surface area (Å²) in [7, 11) is 0. The van der Waals surface area contributed by atoms with Crippen molar-refractivity contribution in [2.24, 2.45) is 11.8 Å². The second-order valence-corrected chi connectivity index (χ2v) is 5.09. The minimum atomic E-state index is -0.248. The zero-order valence-corrected chi connectivity index (χ0v) is 9.97. The third kappa shape index (κ3) is 1.80. The van der Waals surface area contributed by atoms with E-state index < -0.39 is 0 Å². The van der Waals surface area contributed by atoms with Gasteiger partial charge in [0.15, 0.2) is 11.5 Å². The van der Waals surface area contributed by atoms with Gasteiger partial charge in [-0.25, -0.2) is 0 Å². The van der Waals surface area contributed by atoms with Gasteiger partial charge in [-0.15, -0.1) is 0 Å². The number of carbonyl (C=O) groups excluding carboxylic acids is 1. The smallest absolute Gasteiger partial charge is 0.254 e. The molecule has 0 unspecified atom stereocenters. The summed E-state index contributed by atoms with van der Waals surface area (Å²) >= 11 is 0. The Labute approximate surface area is 105 Å². The summed E-state index contributed by atoms with van der Waals surface area (Å²) in [6.45, 7) is 3.51. The molecule has 0 spiro atoms. The Hall–Kier alpha value is -1.75. The number of nitrogens with zero attached hydrogens (tertiary/aromatic N) is 1. The number of likely N-dealkylation sites (tertiary alicyclic amines) is 1. The summed E-state index contributed by atoms with van der Waals surface area (Å²) in [5.74, 6) is 0.593. The highest BCUT2D eigenvalue weighted by molar-refractivity contribution is 5.95. The van der Waals surface area contributed by atoms with Gasteiger partial charge in [0.1, 0.15) is 0 Å². The molecule has 96 valence electrons. The van der Waals surface area contributed by atoms with E-state index in [1.54, 1.807) is 6.07 Å². The van der Waals surface area contributed by atoms with Crippen LogP contribution in [-0.4, -0.2) is 47.2 Å². The number of amides is 1. The Morgan fingerprint density at radius 1 is 1.17 bits per heavy atom. The fourth-order valence-corrected chi connectivity index (χ4v) is 2.86. The van der Waals surface area contributed by atoms with Crippen molar-refractivity contribution >= 4 is 5.91 Å². The summed E-state index contributed by atoms with van der Waals surface area (Å²) in [6, 6.07) is 4.22. The van der Waals surface area contributed by atoms with E-state index in [1.165, 1.54) is 12.1 Å². The predicted molar refractivity (Wildman–Crippen MR) is 65.5 cm³/mol. The minimum absolute atomic E-state index is 0.0697. The van der Waals surface area contributed by atoms with E-state index in [1.807, 2.05) is 4.90 Å². The van der Waals surface area contributed by atoms with Crippen LogP contribution in [0, 0.1) is 11.8 Å². The first-order chi connectivity index (χ1) is 8.65. The van der Waals surface area contributed by atoms with Gasteiger partial charge >= 0.3 is 0 Å². The highest BCUT2D eigenvalue weighted by atomic mass is 16.3. The number of nitrogens with one attached hydrogen (secondary N) is 1. The summed E-state index contributed by atoms with van der Waals surface area (Å²) in [5.41, 5.74) is 0.429. The highest BCUT2D eigenvalue weighted by Gasteiger charge is 2.38. The van der Waals surface area contributed by atoms with Crippen LogP contribution in [0.3, 0.4) is 0 Å². The molecule has 1 amide bonds. The lowest BCUT2D eigenvalue weighted by molar-refractivity contribution is 0.0781. The number of aromatic hydroxyl groups is 2. The first kappa shape index (κ1) is 11.3. The van der Waals surface area contributed by atoms with E-state index in [-0.39, 0.29) is 17.4 Å². The van der Waals surface area contributed by atoms with Gasteiger partial charge in [0.05, 0.1) is 0 Å². The van der Waals surface area contributed by atoms with Gasteiger partial charge in [0, 0.05) is 31.7 Å². The molecule has 1 aromatic carbocycles. The van der Waals surface area contributed by atoms with Crippen LogP contribution in [0.15, 0.2) is 18.2 Å². The summed E-state index contributed by atoms with van der Waals surface area (Å²) in [6.07, 6.45) is 0. The van der Waals surface area contributed by atoms with Gasteiger partial charge < -0.3 is 20.4 Å². The first-order valence-corrected chi connectivity index (χ1v) is 6.17. The Balaban J connectivity index is 1.77. The minimum Gasteiger partial charge on any atom is -0.504 e. The predicted octanol–water partition coefficient (Wildman–Crippen LogP) is 0.389. The number of hydrogen-bond acceptors (Lipinski definition) is 4. The lowest BCUT2D eigenvalue weighted by atomic mass is 10.0. The van der Waals surface area contributed by atoms with Crippen molar-refractivity contribution in [3.8, 4) is 11.5 Å². The molecule has 2 aliphatic heterocycles. The number of hydrogen-bond donors (Lipinski definition) is 3. The molecule has 2 fully saturated rings. The van der Waals surface area contributed by atoms with Crippen molar-refractivity contribution in [1.82, 2.24) is 10.2 Å². The molecule has 2 aliphatic rings. The van der Waals surface area contributed by atoms with E-state index in [2.05, 4.69) is 5.32 Å². The molecule has 1 aromatic rings. The van der Waals surface area contributed by atoms with E-state index >= 15 is 0 Å². The molecule has 2 saturated heterocycles. The molecular weight excluding hydrogens is 232 g/mol. The maximum Gasteiger partial charge on any atom is 0.254 e. The first-order valence-electron chi connectivity index (χ1n) is 6.17. The van der Waals surface area contributed by atoms with E-state index in [4.69, 9.17) is 0 Å². The third-order valence-electron chi connectivity index (χ3n) is 3.90. The number of benzene rings is 1. The van der Waals surface area contributed by atoms with Crippen LogP contribution in [-0.2, 0) is 0 Å². The summed E-state index contributed by atoms with van der Waals surface area (Å²) in [5, 5.41) is 22.0. The van der Waals surface area contributed by atoms with Crippen molar-refractivity contribution in [2.75, 3.05) is 26.2 Å². The van der Waals surface area contributed by atoms with Crippen LogP contribution in [0.25, 0.3) is 0 Å². The molecule has 2 heterocycles. The van der Waals surface area contributed by atoms with Crippen molar-refractivity contribution in [2.45, 2.75) is 0 Å². The van der Waals surface area contributed by atoms with Crippen molar-refractivity contribution in [3.63, 3.8) is 0 Å². The largest absolute Gasteiger partial charge is 0.504 e. The molecule has 0 aromatic heterocycles. The van der Waals surface area contributed by atoms with Gasteiger partial charge in [-0.3, -0.25) is 4.79 Å². The number of phenols is 2. The SMILES string of the molecule is O=C(c1ccc(O)c(O)c1)N1C[C@H]2CNC[C@H]2C1. The van der Waals surface area contributed by atoms with Crippen LogP contribution in [0.4, 0.5) is 0 Å². The van der Waals surface area contributed by atoms with Crippen LogP contribution >= 0.6 is 0 Å². The molecule has 2 atom stereocenters. The molecular formula is C13H16N2O3. The average Bonchev–Trinajstić information content (AvgIpc) is 2.92. The molecule has 5 nitrogen and oxygen atoms in total. The van der Waals surface area contributed by atoms with Gasteiger partial charge in [0.25, 0.3) is 5.91 Å². The number of rotatable bonds is 1. The fourth-order valence-electron chi connectivity index (χ4n) is 2.86. The Kier molecular flexibility index (Phi) is 2.63. The summed E-state index contributed by atoms with van der Waals surface area (Å²) < 4.78 is 0. The molecule has 18 heavy (non-hydrogen) atoms. The van der Waals surface area contributed by atoms with Crippen molar-refractivity contribution in [1.29, 1.82) is 0 Å². The fraction of sp³-hybridized carbons (Fsp3) is 0.462. The molecule has 0 radical (unpaired) electrons. The molecule has 0 bridgehead atoms. The maximum absolute atomic E-state index is 12.3. The molecule has 0 saturated carbocycles. The second-order valence-electron chi connectivity index (χ2n) is 5.09. The maximum atomic E-state index is 12.3. The lowest BCUT2D eigenvalue weighted by Gasteiger charge is -2.17. The van der Waals surface area contributed by atoms with Gasteiger partial charge in [-0.1, -0.05) is 0 Å². The van der Waals surface area contributed by atoms with E-state index in [9.17, 15) is 15.0 Å². The zero-order chi connectivity index (χ0) is 12.7. The standard InChI is InChI=1S/C13H16N2O3/c16-11-2-1-8(3-12(11)17)13(18)15-6-9-4-14-5-10(9)7-15/h1-3,9-10,14,16-17H,4-7H2/t9-,10+. The van der Waals surface area contributed by atoms with Gasteiger partial charge in [-0.2, -0.15) is 0 Å². The van der Waals surface area contributed by atoms with Crippen molar-refractivity contribution in [3.05, 3.63) is 23.8 Å². The van der Waals surface area contributed by atoms with Crippen LogP contribution in [0.5, 0.6) is 11.5 Å². The topological polar surface area (TPSA) is 72.8 Å². The lowest BCUT2D eigenvalue weighted by Crippen LogP contribution is -2.31. The monoisotopic (exact) mass is 248 g/mol. The van der Waals surface area contributed by atoms with E-state index in [0.717, 1.165) is 26.2 Å². The quantitative estimate of drug-likeness (QED) is 0.629. The normalized spacial score (nSPS) is 26.3. The van der Waals surface area contributed by atoms with Crippen molar-refractivity contribution < 1.29 is 15.0 Å². The van der Waals surface area contributed by atoms with Crippen LogP contribution < -0.4 is 5.32 Å². The van der Waals surface area contributed by atoms with Crippen LogP contribution in [0.1, 0.15) is 10.4 Å². The Morgan fingerprint density at radius 2 is 1.83 bits per heavy atom. The molecule has 3 rings (SSSR count). The summed E-state index contributed by atoms with van der Waals surface area (Å²) in [4.78, 5) is 14.1.